The van der Waals surface area contributed by atoms with Crippen molar-refractivity contribution in [2.45, 2.75) is 30.7 Å². The fraction of sp³-hybridized carbons (Fsp3) is 0.167. The van der Waals surface area contributed by atoms with Gasteiger partial charge in [0.15, 0.2) is 0 Å². The first-order chi connectivity index (χ1) is 14.9. The Labute approximate surface area is 182 Å². The van der Waals surface area contributed by atoms with Crippen LogP contribution in [0.4, 0.5) is 5.69 Å². The van der Waals surface area contributed by atoms with Gasteiger partial charge in [0, 0.05) is 18.2 Å². The molecule has 0 aliphatic carbocycles. The van der Waals surface area contributed by atoms with Crippen LogP contribution < -0.4 is 10.0 Å². The molecule has 158 valence electrons. The molecule has 6 nitrogen and oxygen atoms in total. The number of amides is 1. The zero-order valence-electron chi connectivity index (χ0n) is 17.1. The van der Waals surface area contributed by atoms with Gasteiger partial charge in [-0.15, -0.1) is 0 Å². The van der Waals surface area contributed by atoms with Gasteiger partial charge in [-0.2, -0.15) is 5.26 Å². The van der Waals surface area contributed by atoms with Crippen LogP contribution in [-0.4, -0.2) is 14.3 Å². The number of carbonyl (C=O) groups is 1. The van der Waals surface area contributed by atoms with Crippen LogP contribution in [0.5, 0.6) is 0 Å². The standard InChI is InChI=1S/C24H23N3O3S/c1-18(21-7-3-2-4-8-21)27-31(29,30)23-13-10-19(11-14-23)12-15-24(28)26-22-9-5-6-20(16-22)17-25/h2-11,13-14,16,18,27H,12,15H2,1H3,(H,26,28)/t18-/m1/s1. The van der Waals surface area contributed by atoms with Crippen LogP contribution in [0.15, 0.2) is 83.8 Å². The molecule has 3 aromatic rings. The van der Waals surface area contributed by atoms with E-state index in [0.717, 1.165) is 11.1 Å². The molecule has 0 saturated carbocycles. The summed E-state index contributed by atoms with van der Waals surface area (Å²) in [6, 6.07) is 24.3. The number of sulfonamides is 1. The number of carbonyl (C=O) groups excluding carboxylic acids is 1. The normalized spacial score (nSPS) is 12.0. The smallest absolute Gasteiger partial charge is 0.241 e. The average Bonchev–Trinajstić information content (AvgIpc) is 2.78. The minimum absolute atomic E-state index is 0.176. The molecule has 1 amide bonds. The first kappa shape index (κ1) is 22.2. The van der Waals surface area contributed by atoms with Crippen LogP contribution in [0, 0.1) is 11.3 Å². The predicted molar refractivity (Wildman–Crippen MR) is 120 cm³/mol. The van der Waals surface area contributed by atoms with Crippen LogP contribution in [0.1, 0.15) is 36.1 Å². The van der Waals surface area contributed by atoms with E-state index in [2.05, 4.69) is 10.0 Å². The summed E-state index contributed by atoms with van der Waals surface area (Å²) in [5.41, 5.74) is 2.79. The monoisotopic (exact) mass is 433 g/mol. The number of hydrogen-bond acceptors (Lipinski definition) is 4. The quantitative estimate of drug-likeness (QED) is 0.557. The number of anilines is 1. The van der Waals surface area contributed by atoms with Gasteiger partial charge in [-0.05, 0) is 54.8 Å². The molecule has 0 bridgehead atoms. The van der Waals surface area contributed by atoms with Gasteiger partial charge in [0.1, 0.15) is 0 Å². The molecule has 0 saturated heterocycles. The highest BCUT2D eigenvalue weighted by atomic mass is 32.2. The average molecular weight is 434 g/mol. The van der Waals surface area contributed by atoms with Crippen molar-refractivity contribution in [1.29, 1.82) is 5.26 Å². The summed E-state index contributed by atoms with van der Waals surface area (Å²) in [5, 5.41) is 11.7. The van der Waals surface area contributed by atoms with E-state index >= 15 is 0 Å². The van der Waals surface area contributed by atoms with E-state index in [4.69, 9.17) is 5.26 Å². The summed E-state index contributed by atoms with van der Waals surface area (Å²) in [6.07, 6.45) is 0.712. The molecule has 0 spiro atoms. The Balaban J connectivity index is 1.57. The van der Waals surface area contributed by atoms with Crippen molar-refractivity contribution in [1.82, 2.24) is 4.72 Å². The van der Waals surface area contributed by atoms with E-state index in [1.807, 2.05) is 36.4 Å². The van der Waals surface area contributed by atoms with E-state index < -0.39 is 10.0 Å². The third-order valence-corrected chi connectivity index (χ3v) is 6.34. The third-order valence-electron chi connectivity index (χ3n) is 4.78. The van der Waals surface area contributed by atoms with Gasteiger partial charge < -0.3 is 5.32 Å². The van der Waals surface area contributed by atoms with Gasteiger partial charge in [0.25, 0.3) is 0 Å². The Morgan fingerprint density at radius 1 is 1.00 bits per heavy atom. The largest absolute Gasteiger partial charge is 0.326 e. The van der Waals surface area contributed by atoms with Crippen LogP contribution in [0.25, 0.3) is 0 Å². The molecular weight excluding hydrogens is 410 g/mol. The molecule has 1 atom stereocenters. The van der Waals surface area contributed by atoms with E-state index in [9.17, 15) is 13.2 Å². The van der Waals surface area contributed by atoms with Crippen LogP contribution in [0.2, 0.25) is 0 Å². The summed E-state index contributed by atoms with van der Waals surface area (Å²) >= 11 is 0. The lowest BCUT2D eigenvalue weighted by atomic mass is 10.1. The Morgan fingerprint density at radius 3 is 2.39 bits per heavy atom. The zero-order valence-corrected chi connectivity index (χ0v) is 17.9. The molecule has 0 fully saturated rings. The van der Waals surface area contributed by atoms with Crippen molar-refractivity contribution >= 4 is 21.6 Å². The molecule has 3 aromatic carbocycles. The van der Waals surface area contributed by atoms with Gasteiger partial charge in [0.05, 0.1) is 16.5 Å². The van der Waals surface area contributed by atoms with Crippen molar-refractivity contribution in [3.8, 4) is 6.07 Å². The molecule has 31 heavy (non-hydrogen) atoms. The van der Waals surface area contributed by atoms with Gasteiger partial charge in [0.2, 0.25) is 15.9 Å². The molecular formula is C24H23N3O3S. The SMILES string of the molecule is C[C@@H](NS(=O)(=O)c1ccc(CCC(=O)Nc2cccc(C#N)c2)cc1)c1ccccc1. The molecule has 0 heterocycles. The van der Waals surface area contributed by atoms with Crippen molar-refractivity contribution in [2.24, 2.45) is 0 Å². The maximum Gasteiger partial charge on any atom is 0.241 e. The van der Waals surface area contributed by atoms with Crippen molar-refractivity contribution < 1.29 is 13.2 Å². The van der Waals surface area contributed by atoms with E-state index in [0.29, 0.717) is 17.7 Å². The lowest BCUT2D eigenvalue weighted by molar-refractivity contribution is -0.116. The topological polar surface area (TPSA) is 99.1 Å². The Bertz CT molecular complexity index is 1180. The zero-order chi connectivity index (χ0) is 22.3. The number of benzene rings is 3. The molecule has 7 heteroatoms. The Morgan fingerprint density at radius 2 is 1.71 bits per heavy atom. The molecule has 0 unspecified atom stereocenters. The molecule has 0 radical (unpaired) electrons. The number of rotatable bonds is 8. The van der Waals surface area contributed by atoms with E-state index in [-0.39, 0.29) is 23.3 Å². The van der Waals surface area contributed by atoms with Gasteiger partial charge in [-0.1, -0.05) is 48.5 Å². The number of nitriles is 1. The fourth-order valence-corrected chi connectivity index (χ4v) is 4.33. The number of aryl methyl sites for hydroxylation is 1. The van der Waals surface area contributed by atoms with E-state index in [1.165, 1.54) is 0 Å². The van der Waals surface area contributed by atoms with Crippen molar-refractivity contribution in [2.75, 3.05) is 5.32 Å². The number of nitrogens with one attached hydrogen (secondary N) is 2. The third kappa shape index (κ3) is 6.25. The van der Waals surface area contributed by atoms with Gasteiger partial charge in [-0.25, -0.2) is 13.1 Å². The maximum atomic E-state index is 12.7. The molecule has 0 aliphatic rings. The van der Waals surface area contributed by atoms with E-state index in [1.54, 1.807) is 55.5 Å². The second-order valence-electron chi connectivity index (χ2n) is 7.14. The lowest BCUT2D eigenvalue weighted by Gasteiger charge is -2.15. The first-order valence-corrected chi connectivity index (χ1v) is 11.3. The van der Waals surface area contributed by atoms with Crippen molar-refractivity contribution in [3.05, 3.63) is 95.6 Å². The second kappa shape index (κ2) is 10.0. The highest BCUT2D eigenvalue weighted by molar-refractivity contribution is 7.89. The number of hydrogen-bond donors (Lipinski definition) is 2. The van der Waals surface area contributed by atoms with Crippen LogP contribution in [0.3, 0.4) is 0 Å². The first-order valence-electron chi connectivity index (χ1n) is 9.83. The highest BCUT2D eigenvalue weighted by Crippen LogP contribution is 2.18. The summed E-state index contributed by atoms with van der Waals surface area (Å²) in [4.78, 5) is 12.3. The molecule has 0 aliphatic heterocycles. The summed E-state index contributed by atoms with van der Waals surface area (Å²) in [6.45, 7) is 1.80. The van der Waals surface area contributed by atoms with Gasteiger partial charge in [-0.3, -0.25) is 4.79 Å². The summed E-state index contributed by atoms with van der Waals surface area (Å²) < 4.78 is 28.0. The molecule has 0 aromatic heterocycles. The van der Waals surface area contributed by atoms with Crippen LogP contribution >= 0.6 is 0 Å². The molecule has 3 rings (SSSR count). The summed E-state index contributed by atoms with van der Waals surface area (Å²) in [5.74, 6) is -0.176. The fourth-order valence-electron chi connectivity index (χ4n) is 3.09. The maximum absolute atomic E-state index is 12.7. The Kier molecular flexibility index (Phi) is 7.19. The Hall–Kier alpha value is -3.47. The molecule has 2 N–H and O–H groups in total. The highest BCUT2D eigenvalue weighted by Gasteiger charge is 2.18. The number of nitrogens with zero attached hydrogens (tertiary/aromatic N) is 1. The van der Waals surface area contributed by atoms with Crippen LogP contribution in [-0.2, 0) is 21.2 Å². The summed E-state index contributed by atoms with van der Waals surface area (Å²) in [7, 11) is -3.66. The second-order valence-corrected chi connectivity index (χ2v) is 8.85. The minimum Gasteiger partial charge on any atom is -0.326 e. The minimum atomic E-state index is -3.66. The predicted octanol–water partition coefficient (Wildman–Crippen LogP) is 4.17. The van der Waals surface area contributed by atoms with Crippen molar-refractivity contribution in [3.63, 3.8) is 0 Å². The van der Waals surface area contributed by atoms with Gasteiger partial charge >= 0.3 is 0 Å². The lowest BCUT2D eigenvalue weighted by Crippen LogP contribution is -2.26.